The quantitative estimate of drug-likeness (QED) is 0.0486. The first-order valence-corrected chi connectivity index (χ1v) is 25.5. The highest BCUT2D eigenvalue weighted by molar-refractivity contribution is 7.86. The normalized spacial score (nSPS) is 21.4. The van der Waals surface area contributed by atoms with E-state index in [0.29, 0.717) is 56.6 Å². The third-order valence-corrected chi connectivity index (χ3v) is 15.2. The fourth-order valence-electron chi connectivity index (χ4n) is 9.94. The molecule has 13 heteroatoms. The van der Waals surface area contributed by atoms with Crippen LogP contribution in [-0.2, 0) is 40.6 Å². The number of nitrogens with zero attached hydrogens (tertiary/aromatic N) is 2. The number of hydrogen-bond acceptors (Lipinski definition) is 7. The van der Waals surface area contributed by atoms with Gasteiger partial charge in [0, 0.05) is 52.5 Å². The molecule has 334 valence electrons. The maximum atomic E-state index is 13.6. The van der Waals surface area contributed by atoms with E-state index in [1.165, 1.54) is 11.1 Å². The lowest BCUT2D eigenvalue weighted by Gasteiger charge is -2.30. The molecule has 7 rings (SSSR count). The molecular formula is C50H58ClN2O8S2+. The Morgan fingerprint density at radius 1 is 0.810 bits per heavy atom. The number of anilines is 1. The second kappa shape index (κ2) is 18.5. The van der Waals surface area contributed by atoms with Crippen molar-refractivity contribution in [3.63, 3.8) is 0 Å². The van der Waals surface area contributed by atoms with Gasteiger partial charge in [-0.1, -0.05) is 85.3 Å². The molecule has 0 amide bonds. The van der Waals surface area contributed by atoms with E-state index >= 15 is 0 Å². The van der Waals surface area contributed by atoms with Crippen LogP contribution in [0, 0.1) is 5.92 Å². The summed E-state index contributed by atoms with van der Waals surface area (Å²) in [4.78, 5) is 15.8. The fraction of sp³-hybridized carbons (Fsp3) is 0.400. The highest BCUT2D eigenvalue weighted by Gasteiger charge is 2.46. The van der Waals surface area contributed by atoms with Crippen molar-refractivity contribution in [3.05, 3.63) is 130 Å². The summed E-state index contributed by atoms with van der Waals surface area (Å²) >= 11 is 7.42. The number of carbonyl (C=O) groups is 1. The Bertz CT molecular complexity index is 2840. The van der Waals surface area contributed by atoms with Gasteiger partial charge in [-0.25, -0.2) is 0 Å². The van der Waals surface area contributed by atoms with Crippen LogP contribution in [0.4, 0.5) is 11.4 Å². The topological polar surface area (TPSA) is 141 Å². The molecule has 2 aliphatic heterocycles. The van der Waals surface area contributed by atoms with Crippen molar-refractivity contribution in [1.29, 1.82) is 0 Å². The zero-order valence-electron chi connectivity index (χ0n) is 36.7. The first-order valence-electron chi connectivity index (χ1n) is 21.9. The van der Waals surface area contributed by atoms with Crippen molar-refractivity contribution in [1.82, 2.24) is 0 Å². The Morgan fingerprint density at radius 3 is 2.06 bits per heavy atom. The van der Waals surface area contributed by atoms with E-state index in [1.54, 1.807) is 6.92 Å². The zero-order valence-corrected chi connectivity index (χ0v) is 39.1. The Hall–Kier alpha value is -4.59. The van der Waals surface area contributed by atoms with E-state index in [9.17, 15) is 30.7 Å². The van der Waals surface area contributed by atoms with Crippen molar-refractivity contribution >= 4 is 76.4 Å². The van der Waals surface area contributed by atoms with Crippen LogP contribution in [0.3, 0.4) is 0 Å². The van der Waals surface area contributed by atoms with Gasteiger partial charge in [0.15, 0.2) is 5.71 Å². The van der Waals surface area contributed by atoms with Gasteiger partial charge in [-0.3, -0.25) is 13.9 Å². The van der Waals surface area contributed by atoms with E-state index in [-0.39, 0.29) is 24.1 Å². The SMILES string of the molecule is CCOC(=O)C1CC(=CC=C2N(CCCCS(=O)(=O)O)c3ccc4ccccc4c3C2(C)CC)C(Cl)=C(C=CC2=[N+](CCCCS(=O)(=O)O)c3ccc4ccccc4c3C2(C)C)C1. The minimum absolute atomic E-state index is 0.250. The number of halogens is 1. The molecule has 2 N–H and O–H groups in total. The van der Waals surface area contributed by atoms with Crippen molar-refractivity contribution in [3.8, 4) is 0 Å². The standard InChI is InChI=1S/C50H57ClN2O8S2/c1-6-50(5)44(53(29-13-15-31-63(58,59)60)42-25-21-35-17-9-11-19-40(35)46(42)50)27-23-37-33-38(48(54)61-7-2)32-36(47(37)51)22-26-43-49(3,4)45-39-18-10-8-16-34(39)20-24-41(45)52(43)28-12-14-30-62(55,56)57/h8-11,16-27,38H,6-7,12-15,28-33H2,1-5H3,(H-,55,56,57,58,59,60)/p+1. The molecule has 0 saturated carbocycles. The van der Waals surface area contributed by atoms with Gasteiger partial charge in [0.2, 0.25) is 5.69 Å². The van der Waals surface area contributed by atoms with E-state index in [2.05, 4.69) is 97.9 Å². The van der Waals surface area contributed by atoms with Crippen LogP contribution in [0.15, 0.2) is 119 Å². The molecule has 4 aromatic rings. The molecule has 2 heterocycles. The molecular weight excluding hydrogens is 856 g/mol. The number of esters is 1. The van der Waals surface area contributed by atoms with E-state index in [1.807, 2.05) is 36.4 Å². The van der Waals surface area contributed by atoms with Crippen LogP contribution in [0.1, 0.15) is 90.7 Å². The summed E-state index contributed by atoms with van der Waals surface area (Å²) in [5.74, 6) is -1.39. The first kappa shape index (κ1) is 46.4. The summed E-state index contributed by atoms with van der Waals surface area (Å²) in [6, 6.07) is 25.1. The smallest absolute Gasteiger partial charge is 0.309 e. The number of fused-ring (bicyclic) bond motifs is 6. The molecule has 0 fully saturated rings. The van der Waals surface area contributed by atoms with Crippen LogP contribution in [0.5, 0.6) is 0 Å². The van der Waals surface area contributed by atoms with Gasteiger partial charge in [0.05, 0.1) is 29.4 Å². The van der Waals surface area contributed by atoms with Crippen molar-refractivity contribution in [2.45, 2.75) is 90.4 Å². The van der Waals surface area contributed by atoms with Gasteiger partial charge < -0.3 is 9.64 Å². The highest BCUT2D eigenvalue weighted by atomic mass is 35.5. The molecule has 4 aromatic carbocycles. The third kappa shape index (κ3) is 9.61. The molecule has 3 aliphatic rings. The van der Waals surface area contributed by atoms with E-state index in [4.69, 9.17) is 16.3 Å². The van der Waals surface area contributed by atoms with Crippen LogP contribution >= 0.6 is 11.6 Å². The van der Waals surface area contributed by atoms with Crippen molar-refractivity contribution in [2.24, 2.45) is 5.92 Å². The van der Waals surface area contributed by atoms with Gasteiger partial charge in [-0.15, -0.1) is 0 Å². The van der Waals surface area contributed by atoms with Gasteiger partial charge in [-0.2, -0.15) is 21.4 Å². The number of ether oxygens (including phenoxy) is 1. The average molecular weight is 915 g/mol. The fourth-order valence-corrected chi connectivity index (χ4v) is 11.4. The number of allylic oxidation sites excluding steroid dienone is 8. The van der Waals surface area contributed by atoms with Crippen LogP contribution < -0.4 is 4.90 Å². The van der Waals surface area contributed by atoms with E-state index < -0.39 is 37.0 Å². The molecule has 0 bridgehead atoms. The summed E-state index contributed by atoms with van der Waals surface area (Å²) in [6.45, 7) is 11.9. The Kier molecular flexibility index (Phi) is 13.6. The molecule has 1 aliphatic carbocycles. The third-order valence-electron chi connectivity index (χ3n) is 13.1. The summed E-state index contributed by atoms with van der Waals surface area (Å²) in [7, 11) is -8.19. The summed E-state index contributed by atoms with van der Waals surface area (Å²) in [5, 5.41) is 5.09. The Balaban J connectivity index is 1.32. The first-order chi connectivity index (χ1) is 29.9. The second-order valence-corrected chi connectivity index (χ2v) is 21.1. The lowest BCUT2D eigenvalue weighted by molar-refractivity contribution is -0.438. The maximum absolute atomic E-state index is 13.6. The lowest BCUT2D eigenvalue weighted by Crippen LogP contribution is -2.29. The van der Waals surface area contributed by atoms with Gasteiger partial charge >= 0.3 is 5.97 Å². The zero-order chi connectivity index (χ0) is 45.3. The lowest BCUT2D eigenvalue weighted by atomic mass is 9.77. The Labute approximate surface area is 377 Å². The number of carbonyl (C=O) groups excluding carboxylic acids is 1. The van der Waals surface area contributed by atoms with Gasteiger partial charge in [0.1, 0.15) is 6.54 Å². The van der Waals surface area contributed by atoms with Crippen molar-refractivity contribution < 1.29 is 40.0 Å². The van der Waals surface area contributed by atoms with Crippen LogP contribution in [0.25, 0.3) is 21.5 Å². The molecule has 2 unspecified atom stereocenters. The molecule has 10 nitrogen and oxygen atoms in total. The van der Waals surface area contributed by atoms with Crippen molar-refractivity contribution in [2.75, 3.05) is 36.1 Å². The molecule has 0 saturated heterocycles. The van der Waals surface area contributed by atoms with Crippen LogP contribution in [0.2, 0.25) is 0 Å². The average Bonchev–Trinajstić information content (AvgIpc) is 3.62. The molecule has 0 spiro atoms. The molecule has 0 radical (unpaired) electrons. The minimum atomic E-state index is -4.09. The molecule has 63 heavy (non-hydrogen) atoms. The van der Waals surface area contributed by atoms with Crippen LogP contribution in [-0.4, -0.2) is 73.4 Å². The van der Waals surface area contributed by atoms with Gasteiger partial charge in [-0.05, 0) is 123 Å². The van der Waals surface area contributed by atoms with Gasteiger partial charge in [0.25, 0.3) is 20.2 Å². The summed E-state index contributed by atoms with van der Waals surface area (Å²) in [5.41, 5.74) is 7.22. The highest BCUT2D eigenvalue weighted by Crippen LogP contribution is 2.53. The maximum Gasteiger partial charge on any atom is 0.309 e. The minimum Gasteiger partial charge on any atom is -0.466 e. The molecule has 2 atom stereocenters. The number of unbranched alkanes of at least 4 members (excludes halogenated alkanes) is 2. The predicted molar refractivity (Wildman–Crippen MR) is 255 cm³/mol. The number of rotatable bonds is 16. The summed E-state index contributed by atoms with van der Waals surface area (Å²) < 4.78 is 73.2. The monoisotopic (exact) mass is 913 g/mol. The Morgan fingerprint density at radius 2 is 1.43 bits per heavy atom. The van der Waals surface area contributed by atoms with E-state index in [0.717, 1.165) is 61.9 Å². The number of hydrogen-bond donors (Lipinski definition) is 2. The number of benzene rings is 4. The predicted octanol–water partition coefficient (Wildman–Crippen LogP) is 10.7. The largest absolute Gasteiger partial charge is 0.466 e. The summed E-state index contributed by atoms with van der Waals surface area (Å²) in [6.07, 6.45) is 11.5. The molecule has 0 aromatic heterocycles. The second-order valence-electron chi connectivity index (χ2n) is 17.6.